The van der Waals surface area contributed by atoms with Crippen LogP contribution in [0.4, 0.5) is 4.39 Å². The van der Waals surface area contributed by atoms with Crippen LogP contribution in [0.25, 0.3) is 0 Å². The minimum Gasteiger partial charge on any atom is -0.489 e. The first-order chi connectivity index (χ1) is 9.04. The Balaban J connectivity index is 2.10. The summed E-state index contributed by atoms with van der Waals surface area (Å²) in [7, 11) is 0. The molecule has 98 valence electrons. The number of carboxylic acids is 1. The van der Waals surface area contributed by atoms with Crippen LogP contribution < -0.4 is 4.74 Å². The molecule has 0 heterocycles. The Morgan fingerprint density at radius 1 is 1.26 bits per heavy atom. The Hall–Kier alpha value is -1.88. The summed E-state index contributed by atoms with van der Waals surface area (Å²) in [5.41, 5.74) is 0.811. The van der Waals surface area contributed by atoms with Gasteiger partial charge in [0.1, 0.15) is 18.2 Å². The lowest BCUT2D eigenvalue weighted by Crippen LogP contribution is -1.99. The van der Waals surface area contributed by atoms with Crippen molar-refractivity contribution < 1.29 is 19.0 Å². The van der Waals surface area contributed by atoms with Crippen molar-refractivity contribution in [1.82, 2.24) is 0 Å². The zero-order chi connectivity index (χ0) is 13.8. The molecule has 0 amide bonds. The van der Waals surface area contributed by atoms with Gasteiger partial charge in [-0.05, 0) is 42.0 Å². The first-order valence-corrected chi connectivity index (χ1v) is 6.25. The van der Waals surface area contributed by atoms with E-state index in [0.29, 0.717) is 15.8 Å². The van der Waals surface area contributed by atoms with E-state index in [9.17, 15) is 9.18 Å². The maximum absolute atomic E-state index is 13.2. The van der Waals surface area contributed by atoms with Crippen LogP contribution in [0.5, 0.6) is 5.75 Å². The van der Waals surface area contributed by atoms with E-state index in [1.165, 1.54) is 24.3 Å². The molecule has 0 saturated heterocycles. The first kappa shape index (κ1) is 13.5. The largest absolute Gasteiger partial charge is 0.489 e. The third kappa shape index (κ3) is 3.79. The van der Waals surface area contributed by atoms with Crippen molar-refractivity contribution in [2.24, 2.45) is 0 Å². The number of hydrogen-bond donors (Lipinski definition) is 1. The highest BCUT2D eigenvalue weighted by Crippen LogP contribution is 2.18. The van der Waals surface area contributed by atoms with E-state index in [1.54, 1.807) is 18.2 Å². The average molecular weight is 325 g/mol. The number of carboxylic acid groups (broad SMARTS) is 1. The summed E-state index contributed by atoms with van der Waals surface area (Å²) < 4.78 is 19.2. The molecule has 0 aromatic heterocycles. The minimum absolute atomic E-state index is 0.151. The molecule has 0 saturated carbocycles. The molecular weight excluding hydrogens is 315 g/mol. The summed E-state index contributed by atoms with van der Waals surface area (Å²) in [6, 6.07) is 10.6. The fraction of sp³-hybridized carbons (Fsp3) is 0.0714. The molecule has 3 nitrogen and oxygen atoms in total. The van der Waals surface area contributed by atoms with Gasteiger partial charge in [-0.1, -0.05) is 22.0 Å². The maximum atomic E-state index is 13.2. The van der Waals surface area contributed by atoms with Gasteiger partial charge in [-0.3, -0.25) is 0 Å². The van der Waals surface area contributed by atoms with Crippen molar-refractivity contribution in [2.75, 3.05) is 0 Å². The molecule has 19 heavy (non-hydrogen) atoms. The van der Waals surface area contributed by atoms with E-state index in [0.717, 1.165) is 0 Å². The smallest absolute Gasteiger partial charge is 0.335 e. The van der Waals surface area contributed by atoms with Gasteiger partial charge in [-0.25, -0.2) is 9.18 Å². The second-order valence-electron chi connectivity index (χ2n) is 3.90. The SMILES string of the molecule is O=C(O)c1cccc(OCc2cc(F)cc(Br)c2)c1. The number of benzene rings is 2. The molecule has 0 aliphatic carbocycles. The van der Waals surface area contributed by atoms with Crippen LogP contribution in [0.2, 0.25) is 0 Å². The van der Waals surface area contributed by atoms with Gasteiger partial charge in [0.15, 0.2) is 0 Å². The lowest BCUT2D eigenvalue weighted by atomic mass is 10.2. The number of halogens is 2. The van der Waals surface area contributed by atoms with Gasteiger partial charge < -0.3 is 9.84 Å². The van der Waals surface area contributed by atoms with Gasteiger partial charge in [-0.2, -0.15) is 0 Å². The summed E-state index contributed by atoms with van der Waals surface area (Å²) in [4.78, 5) is 10.8. The molecule has 1 N–H and O–H groups in total. The van der Waals surface area contributed by atoms with Crippen LogP contribution in [-0.4, -0.2) is 11.1 Å². The van der Waals surface area contributed by atoms with Gasteiger partial charge in [-0.15, -0.1) is 0 Å². The van der Waals surface area contributed by atoms with Crippen molar-refractivity contribution in [3.05, 3.63) is 63.9 Å². The predicted octanol–water partition coefficient (Wildman–Crippen LogP) is 3.87. The summed E-state index contributed by atoms with van der Waals surface area (Å²) >= 11 is 3.20. The highest BCUT2D eigenvalue weighted by molar-refractivity contribution is 9.10. The number of hydrogen-bond acceptors (Lipinski definition) is 2. The zero-order valence-corrected chi connectivity index (χ0v) is 11.4. The Morgan fingerprint density at radius 2 is 2.05 bits per heavy atom. The lowest BCUT2D eigenvalue weighted by molar-refractivity contribution is 0.0696. The molecule has 2 aromatic rings. The molecule has 0 atom stereocenters. The topological polar surface area (TPSA) is 46.5 Å². The molecule has 0 fully saturated rings. The monoisotopic (exact) mass is 324 g/mol. The molecule has 5 heteroatoms. The molecule has 0 aliphatic heterocycles. The quantitative estimate of drug-likeness (QED) is 0.928. The van der Waals surface area contributed by atoms with Gasteiger partial charge in [0.05, 0.1) is 5.56 Å². The minimum atomic E-state index is -1.01. The number of rotatable bonds is 4. The summed E-state index contributed by atoms with van der Waals surface area (Å²) in [6.45, 7) is 0.166. The van der Waals surface area contributed by atoms with Crippen LogP contribution in [-0.2, 0) is 6.61 Å². The molecule has 0 bridgehead atoms. The Labute approximate surface area is 117 Å². The Kier molecular flexibility index (Phi) is 4.16. The first-order valence-electron chi connectivity index (χ1n) is 5.46. The third-order valence-corrected chi connectivity index (χ3v) is 2.87. The molecule has 2 aromatic carbocycles. The summed E-state index contributed by atoms with van der Waals surface area (Å²) in [5.74, 6) is -0.938. The fourth-order valence-corrected chi connectivity index (χ4v) is 2.09. The van der Waals surface area contributed by atoms with Crippen molar-refractivity contribution in [3.8, 4) is 5.75 Å². The molecule has 0 spiro atoms. The summed E-state index contributed by atoms with van der Waals surface area (Å²) in [5, 5.41) is 8.86. The average Bonchev–Trinajstić information content (AvgIpc) is 2.35. The van der Waals surface area contributed by atoms with Gasteiger partial charge in [0.2, 0.25) is 0 Å². The second kappa shape index (κ2) is 5.84. The zero-order valence-electron chi connectivity index (χ0n) is 9.77. The molecule has 0 unspecified atom stereocenters. The molecule has 0 aliphatic rings. The van der Waals surface area contributed by atoms with Crippen LogP contribution in [0.3, 0.4) is 0 Å². The van der Waals surface area contributed by atoms with Gasteiger partial charge in [0.25, 0.3) is 0 Å². The van der Waals surface area contributed by atoms with E-state index < -0.39 is 5.97 Å². The number of aromatic carboxylic acids is 1. The summed E-state index contributed by atoms with van der Waals surface area (Å²) in [6.07, 6.45) is 0. The Morgan fingerprint density at radius 3 is 2.74 bits per heavy atom. The van der Waals surface area contributed by atoms with E-state index in [4.69, 9.17) is 9.84 Å². The fourth-order valence-electron chi connectivity index (χ4n) is 1.58. The highest BCUT2D eigenvalue weighted by Gasteiger charge is 2.05. The number of carbonyl (C=O) groups is 1. The van der Waals surface area contributed by atoms with E-state index in [2.05, 4.69) is 15.9 Å². The lowest BCUT2D eigenvalue weighted by Gasteiger charge is -2.07. The van der Waals surface area contributed by atoms with Crippen LogP contribution in [0.15, 0.2) is 46.9 Å². The normalized spacial score (nSPS) is 10.2. The van der Waals surface area contributed by atoms with Crippen molar-refractivity contribution in [2.45, 2.75) is 6.61 Å². The van der Waals surface area contributed by atoms with Crippen LogP contribution in [0.1, 0.15) is 15.9 Å². The van der Waals surface area contributed by atoms with Crippen molar-refractivity contribution >= 4 is 21.9 Å². The molecular formula is C14H10BrFO3. The van der Waals surface area contributed by atoms with Gasteiger partial charge in [0, 0.05) is 4.47 Å². The maximum Gasteiger partial charge on any atom is 0.335 e. The highest BCUT2D eigenvalue weighted by atomic mass is 79.9. The molecule has 0 radical (unpaired) electrons. The van der Waals surface area contributed by atoms with Crippen molar-refractivity contribution in [1.29, 1.82) is 0 Å². The van der Waals surface area contributed by atoms with E-state index in [1.807, 2.05) is 0 Å². The van der Waals surface area contributed by atoms with Crippen LogP contribution >= 0.6 is 15.9 Å². The van der Waals surface area contributed by atoms with Crippen molar-refractivity contribution in [3.63, 3.8) is 0 Å². The Bertz CT molecular complexity index is 593. The standard InChI is InChI=1S/C14H10BrFO3/c15-11-4-9(5-12(16)7-11)8-19-13-3-1-2-10(6-13)14(17)18/h1-7H,8H2,(H,17,18). The number of ether oxygens (including phenoxy) is 1. The second-order valence-corrected chi connectivity index (χ2v) is 4.82. The van der Waals surface area contributed by atoms with E-state index in [-0.39, 0.29) is 18.0 Å². The third-order valence-electron chi connectivity index (χ3n) is 2.41. The van der Waals surface area contributed by atoms with E-state index >= 15 is 0 Å². The van der Waals surface area contributed by atoms with Gasteiger partial charge >= 0.3 is 5.97 Å². The molecule has 2 rings (SSSR count). The van der Waals surface area contributed by atoms with Crippen LogP contribution in [0, 0.1) is 5.82 Å². The predicted molar refractivity (Wildman–Crippen MR) is 71.8 cm³/mol.